The van der Waals surface area contributed by atoms with Gasteiger partial charge >= 0.3 is 0 Å². The summed E-state index contributed by atoms with van der Waals surface area (Å²) >= 11 is 6.08. The number of nitrogens with two attached hydrogens (primary N) is 1. The first-order chi connectivity index (χ1) is 15.1. The van der Waals surface area contributed by atoms with E-state index >= 15 is 0 Å². The molecule has 4 rings (SSSR count). The zero-order chi connectivity index (χ0) is 21.8. The topological polar surface area (TPSA) is 103 Å². The number of methoxy groups -OCH3 is 1. The standard InChI is InChI=1S/C22H24ClN7O/c1-30-21(14-3-6-16(23)7-4-14)19-17(29-30)8-5-15-13-26-22(28-20(15)19)27-18(24)9-10-25-11-12-31-2/h3-4,6-7,9-10,13,25H,5,8,11-12H2,1-2H3,(H2,24,26,27,28)/b10-9-. The lowest BCUT2D eigenvalue weighted by Gasteiger charge is -2.16. The minimum absolute atomic E-state index is 0.310. The third-order valence-electron chi connectivity index (χ3n) is 5.01. The normalized spacial score (nSPS) is 13.3. The van der Waals surface area contributed by atoms with Crippen LogP contribution in [0.4, 0.5) is 5.95 Å². The molecule has 0 fully saturated rings. The van der Waals surface area contributed by atoms with E-state index in [-0.39, 0.29) is 0 Å². The number of aryl methyl sites for hydroxylation is 3. The van der Waals surface area contributed by atoms with Crippen molar-refractivity contribution >= 4 is 23.4 Å². The first-order valence-electron chi connectivity index (χ1n) is 9.98. The van der Waals surface area contributed by atoms with Gasteiger partial charge in [0, 0.05) is 49.2 Å². The van der Waals surface area contributed by atoms with Crippen molar-refractivity contribution in [2.75, 3.05) is 20.3 Å². The summed E-state index contributed by atoms with van der Waals surface area (Å²) in [5.74, 6) is 0.626. The fourth-order valence-corrected chi connectivity index (χ4v) is 3.71. The molecule has 160 valence electrons. The summed E-state index contributed by atoms with van der Waals surface area (Å²) in [5.41, 5.74) is 12.0. The molecule has 3 aromatic rings. The van der Waals surface area contributed by atoms with Crippen LogP contribution in [0.15, 0.2) is 47.7 Å². The highest BCUT2D eigenvalue weighted by atomic mass is 35.5. The average Bonchev–Trinajstić information content (AvgIpc) is 3.10. The van der Waals surface area contributed by atoms with E-state index in [2.05, 4.69) is 15.3 Å². The smallest absolute Gasteiger partial charge is 0.251 e. The minimum Gasteiger partial charge on any atom is -0.388 e. The lowest BCUT2D eigenvalue weighted by molar-refractivity contribution is 0.203. The SMILES string of the molecule is COCCN/C=C\C(N)=N/c1ncc2c(n1)-c1c(nn(C)c1-c1ccc(Cl)cc1)CC2. The fraction of sp³-hybridized carbons (Fsp3) is 0.273. The van der Waals surface area contributed by atoms with Crippen LogP contribution in [0.1, 0.15) is 11.3 Å². The van der Waals surface area contributed by atoms with Crippen molar-refractivity contribution in [2.24, 2.45) is 17.8 Å². The Morgan fingerprint density at radius 1 is 1.32 bits per heavy atom. The van der Waals surface area contributed by atoms with Crippen molar-refractivity contribution in [3.63, 3.8) is 0 Å². The minimum atomic E-state index is 0.310. The van der Waals surface area contributed by atoms with Gasteiger partial charge in [0.15, 0.2) is 0 Å². The van der Waals surface area contributed by atoms with Crippen LogP contribution in [0.2, 0.25) is 5.02 Å². The second-order valence-corrected chi connectivity index (χ2v) is 7.60. The fourth-order valence-electron chi connectivity index (χ4n) is 3.59. The number of amidine groups is 1. The monoisotopic (exact) mass is 437 g/mol. The first-order valence-corrected chi connectivity index (χ1v) is 10.4. The van der Waals surface area contributed by atoms with Crippen molar-refractivity contribution < 1.29 is 4.74 Å². The summed E-state index contributed by atoms with van der Waals surface area (Å²) in [4.78, 5) is 13.5. The molecule has 0 unspecified atom stereocenters. The summed E-state index contributed by atoms with van der Waals surface area (Å²) in [7, 11) is 3.60. The number of benzene rings is 1. The molecule has 31 heavy (non-hydrogen) atoms. The van der Waals surface area contributed by atoms with Crippen LogP contribution >= 0.6 is 11.6 Å². The number of nitrogens with zero attached hydrogens (tertiary/aromatic N) is 5. The molecule has 1 aromatic carbocycles. The molecule has 0 aliphatic heterocycles. The molecule has 0 radical (unpaired) electrons. The molecule has 0 bridgehead atoms. The van der Waals surface area contributed by atoms with Crippen molar-refractivity contribution in [2.45, 2.75) is 12.8 Å². The number of halogens is 1. The van der Waals surface area contributed by atoms with E-state index in [0.717, 1.165) is 46.6 Å². The van der Waals surface area contributed by atoms with Gasteiger partial charge in [0.25, 0.3) is 5.95 Å². The Kier molecular flexibility index (Phi) is 6.29. The number of aliphatic imine (C=N–C) groups is 1. The average molecular weight is 438 g/mol. The van der Waals surface area contributed by atoms with Crippen molar-refractivity contribution in [3.8, 4) is 22.5 Å². The van der Waals surface area contributed by atoms with E-state index in [1.165, 1.54) is 0 Å². The van der Waals surface area contributed by atoms with E-state index < -0.39 is 0 Å². The predicted octanol–water partition coefficient (Wildman–Crippen LogP) is 3.03. The molecule has 0 saturated carbocycles. The third-order valence-corrected chi connectivity index (χ3v) is 5.26. The second-order valence-electron chi connectivity index (χ2n) is 7.16. The molecular weight excluding hydrogens is 414 g/mol. The zero-order valence-corrected chi connectivity index (χ0v) is 18.2. The van der Waals surface area contributed by atoms with Gasteiger partial charge < -0.3 is 15.8 Å². The van der Waals surface area contributed by atoms with Crippen LogP contribution in [0.3, 0.4) is 0 Å². The molecule has 9 heteroatoms. The summed E-state index contributed by atoms with van der Waals surface area (Å²) < 4.78 is 6.88. The first kappa shape index (κ1) is 21.0. The second kappa shape index (κ2) is 9.28. The number of fused-ring (bicyclic) bond motifs is 3. The molecule has 3 N–H and O–H groups in total. The lowest BCUT2D eigenvalue weighted by atomic mass is 9.91. The number of aromatic nitrogens is 4. The van der Waals surface area contributed by atoms with E-state index in [4.69, 9.17) is 32.2 Å². The molecule has 1 aliphatic rings. The molecule has 0 saturated heterocycles. The largest absolute Gasteiger partial charge is 0.388 e. The van der Waals surface area contributed by atoms with Gasteiger partial charge in [0.05, 0.1) is 23.7 Å². The van der Waals surface area contributed by atoms with Gasteiger partial charge in [-0.3, -0.25) is 4.68 Å². The van der Waals surface area contributed by atoms with Crippen molar-refractivity contribution in [1.82, 2.24) is 25.1 Å². The molecule has 2 aromatic heterocycles. The van der Waals surface area contributed by atoms with Gasteiger partial charge in [-0.05, 0) is 36.6 Å². The molecule has 8 nitrogen and oxygen atoms in total. The van der Waals surface area contributed by atoms with Crippen LogP contribution in [0, 0.1) is 0 Å². The Bertz CT molecular complexity index is 1140. The van der Waals surface area contributed by atoms with Crippen molar-refractivity contribution in [3.05, 3.63) is 59.0 Å². The maximum Gasteiger partial charge on any atom is 0.251 e. The Balaban J connectivity index is 1.68. The van der Waals surface area contributed by atoms with Crippen LogP contribution in [0.25, 0.3) is 22.5 Å². The van der Waals surface area contributed by atoms with Gasteiger partial charge in [0.2, 0.25) is 0 Å². The molecular formula is C22H24ClN7O. The molecule has 1 aliphatic carbocycles. The van der Waals surface area contributed by atoms with Crippen LogP contribution in [0.5, 0.6) is 0 Å². The molecule has 0 spiro atoms. The summed E-state index contributed by atoms with van der Waals surface area (Å²) in [6, 6.07) is 7.74. The highest BCUT2D eigenvalue weighted by molar-refractivity contribution is 6.30. The Morgan fingerprint density at radius 2 is 2.13 bits per heavy atom. The number of ether oxygens (including phenoxy) is 1. The number of rotatable bonds is 7. The summed E-state index contributed by atoms with van der Waals surface area (Å²) in [5, 5.41) is 8.50. The van der Waals surface area contributed by atoms with E-state index in [0.29, 0.717) is 30.0 Å². The Hall–Kier alpha value is -3.23. The van der Waals surface area contributed by atoms with Gasteiger partial charge in [0.1, 0.15) is 5.84 Å². The number of hydrogen-bond acceptors (Lipinski definition) is 6. The molecule has 2 heterocycles. The lowest BCUT2D eigenvalue weighted by Crippen LogP contribution is -2.15. The van der Waals surface area contributed by atoms with Gasteiger partial charge in [-0.1, -0.05) is 23.7 Å². The quantitative estimate of drug-likeness (QED) is 0.334. The van der Waals surface area contributed by atoms with Gasteiger partial charge in [-0.2, -0.15) is 10.1 Å². The maximum atomic E-state index is 6.08. The summed E-state index contributed by atoms with van der Waals surface area (Å²) in [6.45, 7) is 1.30. The third kappa shape index (κ3) is 4.60. The number of nitrogens with one attached hydrogen (secondary N) is 1. The van der Waals surface area contributed by atoms with Gasteiger partial charge in [-0.25, -0.2) is 9.97 Å². The highest BCUT2D eigenvalue weighted by Crippen LogP contribution is 2.39. The molecule has 0 amide bonds. The van der Waals surface area contributed by atoms with E-state index in [9.17, 15) is 0 Å². The predicted molar refractivity (Wildman–Crippen MR) is 122 cm³/mol. The highest BCUT2D eigenvalue weighted by Gasteiger charge is 2.27. The van der Waals surface area contributed by atoms with Gasteiger partial charge in [-0.15, -0.1) is 0 Å². The Labute approximate surface area is 185 Å². The zero-order valence-electron chi connectivity index (χ0n) is 17.5. The van der Waals surface area contributed by atoms with Crippen LogP contribution in [-0.4, -0.2) is 45.8 Å². The van der Waals surface area contributed by atoms with Crippen LogP contribution < -0.4 is 11.1 Å². The van der Waals surface area contributed by atoms with Crippen molar-refractivity contribution in [1.29, 1.82) is 0 Å². The molecule has 0 atom stereocenters. The number of hydrogen-bond donors (Lipinski definition) is 2. The maximum absolute atomic E-state index is 6.08. The van der Waals surface area contributed by atoms with E-state index in [1.807, 2.05) is 42.2 Å². The Morgan fingerprint density at radius 3 is 2.90 bits per heavy atom. The van der Waals surface area contributed by atoms with Crippen LogP contribution in [-0.2, 0) is 24.6 Å². The van der Waals surface area contributed by atoms with E-state index in [1.54, 1.807) is 19.4 Å². The summed E-state index contributed by atoms with van der Waals surface area (Å²) in [6.07, 6.45) is 6.91.